The van der Waals surface area contributed by atoms with Crippen LogP contribution in [0.15, 0.2) is 77.7 Å². The molecule has 0 fully saturated rings. The number of carbonyl (C=O) groups is 2. The predicted octanol–water partition coefficient (Wildman–Crippen LogP) is 4.14. The minimum Gasteiger partial charge on any atom is -0.462 e. The molecule has 0 bridgehead atoms. The number of ether oxygens (including phenoxy) is 1. The normalized spacial score (nSPS) is 11.0. The molecular weight excluding hydrogens is 447 g/mol. The molecule has 0 aromatic heterocycles. The van der Waals surface area contributed by atoms with Gasteiger partial charge in [-0.3, -0.25) is 9.10 Å². The van der Waals surface area contributed by atoms with Gasteiger partial charge in [-0.15, -0.1) is 0 Å². The van der Waals surface area contributed by atoms with Gasteiger partial charge in [-0.2, -0.15) is 0 Å². The van der Waals surface area contributed by atoms with Crippen molar-refractivity contribution in [2.45, 2.75) is 18.7 Å². The van der Waals surface area contributed by atoms with E-state index in [1.54, 1.807) is 19.1 Å². The summed E-state index contributed by atoms with van der Waals surface area (Å²) in [4.78, 5) is 24.5. The fourth-order valence-electron chi connectivity index (χ4n) is 2.99. The van der Waals surface area contributed by atoms with Gasteiger partial charge in [0.1, 0.15) is 12.4 Å². The number of halogens is 1. The number of nitrogens with zero attached hydrogens (tertiary/aromatic N) is 1. The number of aryl methyl sites for hydroxylation is 1. The Kier molecular flexibility index (Phi) is 7.44. The molecule has 0 saturated carbocycles. The molecule has 0 saturated heterocycles. The highest BCUT2D eigenvalue weighted by atomic mass is 32.2. The van der Waals surface area contributed by atoms with Crippen LogP contribution in [0, 0.1) is 12.7 Å². The number of benzene rings is 3. The van der Waals surface area contributed by atoms with Gasteiger partial charge in [0, 0.05) is 5.69 Å². The van der Waals surface area contributed by atoms with Crippen molar-refractivity contribution in [2.24, 2.45) is 0 Å². The molecule has 0 heterocycles. The van der Waals surface area contributed by atoms with Crippen molar-refractivity contribution in [2.75, 3.05) is 22.8 Å². The summed E-state index contributed by atoms with van der Waals surface area (Å²) in [5.74, 6) is -1.63. The van der Waals surface area contributed by atoms with Crippen LogP contribution in [-0.2, 0) is 19.6 Å². The third kappa shape index (κ3) is 5.95. The van der Waals surface area contributed by atoms with E-state index >= 15 is 0 Å². The average molecular weight is 471 g/mol. The smallest absolute Gasteiger partial charge is 0.338 e. The molecule has 172 valence electrons. The third-order valence-electron chi connectivity index (χ3n) is 4.69. The van der Waals surface area contributed by atoms with E-state index in [4.69, 9.17) is 4.74 Å². The second-order valence-corrected chi connectivity index (χ2v) is 9.01. The van der Waals surface area contributed by atoms with Gasteiger partial charge in [0.2, 0.25) is 5.91 Å². The van der Waals surface area contributed by atoms with Gasteiger partial charge in [-0.05, 0) is 74.5 Å². The van der Waals surface area contributed by atoms with Crippen LogP contribution < -0.4 is 9.62 Å². The van der Waals surface area contributed by atoms with Crippen molar-refractivity contribution >= 4 is 33.3 Å². The van der Waals surface area contributed by atoms with E-state index in [0.717, 1.165) is 22.0 Å². The van der Waals surface area contributed by atoms with Crippen molar-refractivity contribution < 1.29 is 27.1 Å². The van der Waals surface area contributed by atoms with Crippen molar-refractivity contribution in [1.82, 2.24) is 0 Å². The van der Waals surface area contributed by atoms with E-state index in [9.17, 15) is 22.4 Å². The maximum absolute atomic E-state index is 13.4. The number of sulfonamides is 1. The summed E-state index contributed by atoms with van der Waals surface area (Å²) >= 11 is 0. The maximum atomic E-state index is 13.4. The third-order valence-corrected chi connectivity index (χ3v) is 6.48. The zero-order valence-electron chi connectivity index (χ0n) is 18.1. The summed E-state index contributed by atoms with van der Waals surface area (Å²) in [6.45, 7) is 3.23. The van der Waals surface area contributed by atoms with Gasteiger partial charge in [-0.25, -0.2) is 17.6 Å². The zero-order valence-corrected chi connectivity index (χ0v) is 18.9. The molecule has 3 aromatic carbocycles. The molecule has 0 aliphatic carbocycles. The molecule has 1 amide bonds. The number of hydrogen-bond donors (Lipinski definition) is 1. The molecule has 0 radical (unpaired) electrons. The number of hydrogen-bond acceptors (Lipinski definition) is 5. The van der Waals surface area contributed by atoms with Crippen LogP contribution in [0.3, 0.4) is 0 Å². The standard InChI is InChI=1S/C24H23FN2O5S/c1-3-32-24(29)18-6-10-20(11-7-18)26-23(28)16-27(21-12-8-19(25)9-13-21)33(30,31)22-14-4-17(2)5-15-22/h4-15H,3,16H2,1-2H3,(H,26,28). The first-order valence-corrected chi connectivity index (χ1v) is 11.6. The lowest BCUT2D eigenvalue weighted by atomic mass is 10.2. The lowest BCUT2D eigenvalue weighted by Crippen LogP contribution is -2.38. The van der Waals surface area contributed by atoms with E-state index in [2.05, 4.69) is 5.32 Å². The largest absolute Gasteiger partial charge is 0.462 e. The lowest BCUT2D eigenvalue weighted by Gasteiger charge is -2.24. The molecule has 1 N–H and O–H groups in total. The Bertz CT molecular complexity index is 1230. The molecule has 3 aromatic rings. The summed E-state index contributed by atoms with van der Waals surface area (Å²) in [6.07, 6.45) is 0. The Morgan fingerprint density at radius 2 is 1.55 bits per heavy atom. The zero-order chi connectivity index (χ0) is 24.0. The van der Waals surface area contributed by atoms with Crippen molar-refractivity contribution in [3.63, 3.8) is 0 Å². The summed E-state index contributed by atoms with van der Waals surface area (Å²) in [7, 11) is -4.11. The number of anilines is 2. The molecule has 0 aliphatic rings. The molecule has 3 rings (SSSR count). The van der Waals surface area contributed by atoms with Crippen LogP contribution in [0.5, 0.6) is 0 Å². The van der Waals surface area contributed by atoms with Crippen LogP contribution >= 0.6 is 0 Å². The summed E-state index contributed by atoms with van der Waals surface area (Å²) < 4.78 is 45.9. The van der Waals surface area contributed by atoms with Crippen LogP contribution in [0.1, 0.15) is 22.8 Å². The van der Waals surface area contributed by atoms with Crippen LogP contribution in [0.2, 0.25) is 0 Å². The van der Waals surface area contributed by atoms with Gasteiger partial charge in [0.05, 0.1) is 22.8 Å². The van der Waals surface area contributed by atoms with Gasteiger partial charge in [0.25, 0.3) is 10.0 Å². The second kappa shape index (κ2) is 10.3. The summed E-state index contributed by atoms with van der Waals surface area (Å²) in [6, 6.07) is 17.1. The Balaban J connectivity index is 1.84. The monoisotopic (exact) mass is 470 g/mol. The van der Waals surface area contributed by atoms with E-state index < -0.39 is 34.3 Å². The van der Waals surface area contributed by atoms with Gasteiger partial charge in [-0.1, -0.05) is 17.7 Å². The quantitative estimate of drug-likeness (QED) is 0.500. The fourth-order valence-corrected chi connectivity index (χ4v) is 4.42. The second-order valence-electron chi connectivity index (χ2n) is 7.15. The van der Waals surface area contributed by atoms with Crippen LogP contribution in [-0.4, -0.2) is 33.4 Å². The summed E-state index contributed by atoms with van der Waals surface area (Å²) in [5.41, 5.74) is 1.72. The van der Waals surface area contributed by atoms with E-state index in [1.165, 1.54) is 48.5 Å². The number of carbonyl (C=O) groups excluding carboxylic acids is 2. The molecule has 33 heavy (non-hydrogen) atoms. The molecule has 9 heteroatoms. The Labute approximate surface area is 191 Å². The van der Waals surface area contributed by atoms with Crippen molar-refractivity contribution in [3.8, 4) is 0 Å². The SMILES string of the molecule is CCOC(=O)c1ccc(NC(=O)CN(c2ccc(F)cc2)S(=O)(=O)c2ccc(C)cc2)cc1. The molecular formula is C24H23FN2O5S. The molecule has 0 unspecified atom stereocenters. The Morgan fingerprint density at radius 1 is 0.939 bits per heavy atom. The lowest BCUT2D eigenvalue weighted by molar-refractivity contribution is -0.114. The van der Waals surface area contributed by atoms with E-state index in [0.29, 0.717) is 11.3 Å². The minimum absolute atomic E-state index is 0.00372. The highest BCUT2D eigenvalue weighted by molar-refractivity contribution is 7.92. The van der Waals surface area contributed by atoms with E-state index in [1.807, 2.05) is 6.92 Å². The first-order chi connectivity index (χ1) is 15.7. The fraction of sp³-hybridized carbons (Fsp3) is 0.167. The predicted molar refractivity (Wildman–Crippen MR) is 123 cm³/mol. The molecule has 0 spiro atoms. The number of rotatable bonds is 8. The van der Waals surface area contributed by atoms with Gasteiger partial charge in [0.15, 0.2) is 0 Å². The topological polar surface area (TPSA) is 92.8 Å². The van der Waals surface area contributed by atoms with Crippen LogP contribution in [0.4, 0.5) is 15.8 Å². The number of amides is 1. The number of esters is 1. The first-order valence-electron chi connectivity index (χ1n) is 10.1. The molecule has 0 aliphatic heterocycles. The highest BCUT2D eigenvalue weighted by Crippen LogP contribution is 2.24. The minimum atomic E-state index is -4.11. The van der Waals surface area contributed by atoms with Crippen molar-refractivity contribution in [1.29, 1.82) is 0 Å². The Morgan fingerprint density at radius 3 is 2.12 bits per heavy atom. The van der Waals surface area contributed by atoms with Gasteiger partial charge < -0.3 is 10.1 Å². The molecule has 7 nitrogen and oxygen atoms in total. The average Bonchev–Trinajstić information content (AvgIpc) is 2.79. The van der Waals surface area contributed by atoms with Gasteiger partial charge >= 0.3 is 5.97 Å². The van der Waals surface area contributed by atoms with E-state index in [-0.39, 0.29) is 17.2 Å². The highest BCUT2D eigenvalue weighted by Gasteiger charge is 2.27. The van der Waals surface area contributed by atoms with Crippen molar-refractivity contribution in [3.05, 3.63) is 89.7 Å². The summed E-state index contributed by atoms with van der Waals surface area (Å²) in [5, 5.41) is 2.61. The Hall–Kier alpha value is -3.72. The molecule has 0 atom stereocenters. The first kappa shape index (κ1) is 23.9. The van der Waals surface area contributed by atoms with Crippen LogP contribution in [0.25, 0.3) is 0 Å². The maximum Gasteiger partial charge on any atom is 0.338 e. The number of nitrogens with one attached hydrogen (secondary N) is 1.